The minimum atomic E-state index is -0.321. The summed E-state index contributed by atoms with van der Waals surface area (Å²) in [5, 5.41) is 0. The average Bonchev–Trinajstić information content (AvgIpc) is 3.11. The molecule has 0 aromatic rings. The lowest BCUT2D eigenvalue weighted by atomic mass is 9.90. The SMILES string of the molecule is CCCCC/C(C(=O)OCC(C)C)=C(/C(=O)OCC(C)C)C1CCCC1. The van der Waals surface area contributed by atoms with Crippen LogP contribution in [-0.4, -0.2) is 25.2 Å². The molecular formula is C22H38O4. The highest BCUT2D eigenvalue weighted by Gasteiger charge is 2.31. The van der Waals surface area contributed by atoms with Crippen LogP contribution in [-0.2, 0) is 19.1 Å². The van der Waals surface area contributed by atoms with Gasteiger partial charge in [0.15, 0.2) is 0 Å². The Balaban J connectivity index is 3.10. The van der Waals surface area contributed by atoms with Crippen LogP contribution < -0.4 is 0 Å². The molecule has 0 saturated heterocycles. The van der Waals surface area contributed by atoms with E-state index in [2.05, 4.69) is 6.92 Å². The van der Waals surface area contributed by atoms with Crippen molar-refractivity contribution in [3.8, 4) is 0 Å². The van der Waals surface area contributed by atoms with E-state index in [-0.39, 0.29) is 29.7 Å². The van der Waals surface area contributed by atoms with Crippen molar-refractivity contribution in [2.45, 2.75) is 86.0 Å². The van der Waals surface area contributed by atoms with Gasteiger partial charge in [0.25, 0.3) is 0 Å². The van der Waals surface area contributed by atoms with Gasteiger partial charge in [0.05, 0.1) is 18.8 Å². The Morgan fingerprint density at radius 3 is 1.92 bits per heavy atom. The largest absolute Gasteiger partial charge is 0.462 e. The molecule has 26 heavy (non-hydrogen) atoms. The summed E-state index contributed by atoms with van der Waals surface area (Å²) in [7, 11) is 0. The van der Waals surface area contributed by atoms with Crippen molar-refractivity contribution in [1.82, 2.24) is 0 Å². The first-order valence-corrected chi connectivity index (χ1v) is 10.4. The second-order valence-corrected chi connectivity index (χ2v) is 8.32. The maximum absolute atomic E-state index is 12.9. The van der Waals surface area contributed by atoms with E-state index in [0.29, 0.717) is 30.8 Å². The monoisotopic (exact) mass is 366 g/mol. The molecule has 4 nitrogen and oxygen atoms in total. The maximum atomic E-state index is 12.9. The predicted octanol–water partition coefficient (Wildman–Crippen LogP) is 5.45. The van der Waals surface area contributed by atoms with Crippen LogP contribution in [0.3, 0.4) is 0 Å². The van der Waals surface area contributed by atoms with Crippen LogP contribution in [0.4, 0.5) is 0 Å². The fourth-order valence-corrected chi connectivity index (χ4v) is 3.30. The molecule has 0 radical (unpaired) electrons. The van der Waals surface area contributed by atoms with Crippen LogP contribution in [0.15, 0.2) is 11.1 Å². The molecule has 0 heterocycles. The fraction of sp³-hybridized carbons (Fsp3) is 0.818. The van der Waals surface area contributed by atoms with E-state index in [1.807, 2.05) is 27.7 Å². The Hall–Kier alpha value is -1.32. The molecule has 150 valence electrons. The molecule has 0 amide bonds. The van der Waals surface area contributed by atoms with Gasteiger partial charge in [-0.3, -0.25) is 0 Å². The van der Waals surface area contributed by atoms with Crippen molar-refractivity contribution in [3.05, 3.63) is 11.1 Å². The number of hydrogen-bond acceptors (Lipinski definition) is 4. The van der Waals surface area contributed by atoms with Gasteiger partial charge in [-0.25, -0.2) is 9.59 Å². The van der Waals surface area contributed by atoms with Crippen LogP contribution in [0.5, 0.6) is 0 Å². The minimum absolute atomic E-state index is 0.137. The van der Waals surface area contributed by atoms with Crippen molar-refractivity contribution in [2.24, 2.45) is 17.8 Å². The van der Waals surface area contributed by atoms with E-state index in [1.54, 1.807) is 0 Å². The first kappa shape index (κ1) is 22.7. The Morgan fingerprint density at radius 2 is 1.42 bits per heavy atom. The van der Waals surface area contributed by atoms with Gasteiger partial charge in [0.2, 0.25) is 0 Å². The zero-order valence-corrected chi connectivity index (χ0v) is 17.4. The van der Waals surface area contributed by atoms with Gasteiger partial charge in [-0.15, -0.1) is 0 Å². The summed E-state index contributed by atoms with van der Waals surface area (Å²) in [5.41, 5.74) is 1.17. The lowest BCUT2D eigenvalue weighted by Gasteiger charge is -2.20. The summed E-state index contributed by atoms with van der Waals surface area (Å²) in [4.78, 5) is 25.7. The van der Waals surface area contributed by atoms with Gasteiger partial charge in [0, 0.05) is 5.57 Å². The second kappa shape index (κ2) is 12.1. The summed E-state index contributed by atoms with van der Waals surface area (Å²) in [5.74, 6) is 0.0635. The standard InChI is InChI=1S/C22H38O4/c1-6-7-8-13-19(21(23)25-14-16(2)3)20(18-11-9-10-12-18)22(24)26-15-17(4)5/h16-18H,6-15H2,1-5H3/b20-19-. The molecule has 0 unspecified atom stereocenters. The molecule has 1 fully saturated rings. The van der Waals surface area contributed by atoms with Crippen molar-refractivity contribution >= 4 is 11.9 Å². The highest BCUT2D eigenvalue weighted by Crippen LogP contribution is 2.35. The summed E-state index contributed by atoms with van der Waals surface area (Å²) >= 11 is 0. The normalized spacial score (nSPS) is 16.1. The molecule has 0 N–H and O–H groups in total. The molecule has 1 aliphatic carbocycles. The molecule has 4 heteroatoms. The minimum Gasteiger partial charge on any atom is -0.462 e. The number of esters is 2. The van der Waals surface area contributed by atoms with Gasteiger partial charge >= 0.3 is 11.9 Å². The number of hydrogen-bond donors (Lipinski definition) is 0. The lowest BCUT2D eigenvalue weighted by Crippen LogP contribution is -2.23. The first-order valence-electron chi connectivity index (χ1n) is 10.4. The molecule has 0 bridgehead atoms. The van der Waals surface area contributed by atoms with E-state index in [1.165, 1.54) is 0 Å². The number of carbonyl (C=O) groups is 2. The van der Waals surface area contributed by atoms with Gasteiger partial charge in [-0.05, 0) is 43.4 Å². The van der Waals surface area contributed by atoms with Crippen LogP contribution in [0.2, 0.25) is 0 Å². The van der Waals surface area contributed by atoms with Gasteiger partial charge in [-0.1, -0.05) is 60.3 Å². The highest BCUT2D eigenvalue weighted by molar-refractivity contribution is 6.00. The maximum Gasteiger partial charge on any atom is 0.334 e. The number of carbonyl (C=O) groups excluding carboxylic acids is 2. The Morgan fingerprint density at radius 1 is 0.885 bits per heavy atom. The van der Waals surface area contributed by atoms with E-state index in [9.17, 15) is 9.59 Å². The molecule has 0 aromatic heterocycles. The zero-order chi connectivity index (χ0) is 19.5. The summed E-state index contributed by atoms with van der Waals surface area (Å²) < 4.78 is 11.0. The first-order chi connectivity index (χ1) is 12.4. The number of rotatable bonds is 11. The van der Waals surface area contributed by atoms with Crippen molar-refractivity contribution in [1.29, 1.82) is 0 Å². The van der Waals surface area contributed by atoms with Crippen molar-refractivity contribution in [3.63, 3.8) is 0 Å². The van der Waals surface area contributed by atoms with Gasteiger partial charge in [0.1, 0.15) is 0 Å². The third-order valence-corrected chi connectivity index (χ3v) is 4.68. The third kappa shape index (κ3) is 7.92. The van der Waals surface area contributed by atoms with E-state index in [0.717, 1.165) is 44.9 Å². The smallest absolute Gasteiger partial charge is 0.334 e. The summed E-state index contributed by atoms with van der Waals surface area (Å²) in [6.07, 6.45) is 7.75. The molecule has 1 saturated carbocycles. The van der Waals surface area contributed by atoms with Crippen LogP contribution >= 0.6 is 0 Å². The predicted molar refractivity (Wildman–Crippen MR) is 105 cm³/mol. The van der Waals surface area contributed by atoms with E-state index >= 15 is 0 Å². The topological polar surface area (TPSA) is 52.6 Å². The van der Waals surface area contributed by atoms with Crippen LogP contribution in [0.1, 0.15) is 86.0 Å². The Bertz CT molecular complexity index is 471. The quantitative estimate of drug-likeness (QED) is 0.277. The average molecular weight is 367 g/mol. The molecule has 0 atom stereocenters. The van der Waals surface area contributed by atoms with Gasteiger partial charge < -0.3 is 9.47 Å². The van der Waals surface area contributed by atoms with Gasteiger partial charge in [-0.2, -0.15) is 0 Å². The second-order valence-electron chi connectivity index (χ2n) is 8.32. The number of ether oxygens (including phenoxy) is 2. The Kier molecular flexibility index (Phi) is 10.6. The molecule has 0 aromatic carbocycles. The number of unbranched alkanes of at least 4 members (excludes halogenated alkanes) is 2. The molecule has 0 aliphatic heterocycles. The Labute approximate surface area is 159 Å². The van der Waals surface area contributed by atoms with Crippen LogP contribution in [0, 0.1) is 17.8 Å². The van der Waals surface area contributed by atoms with Crippen molar-refractivity contribution in [2.75, 3.05) is 13.2 Å². The zero-order valence-electron chi connectivity index (χ0n) is 17.4. The highest BCUT2D eigenvalue weighted by atomic mass is 16.5. The third-order valence-electron chi connectivity index (χ3n) is 4.68. The molecule has 1 rings (SSSR count). The fourth-order valence-electron chi connectivity index (χ4n) is 3.30. The molecule has 0 spiro atoms. The summed E-state index contributed by atoms with van der Waals surface area (Å²) in [6.45, 7) is 11.0. The van der Waals surface area contributed by atoms with E-state index in [4.69, 9.17) is 9.47 Å². The van der Waals surface area contributed by atoms with Crippen molar-refractivity contribution < 1.29 is 19.1 Å². The lowest BCUT2D eigenvalue weighted by molar-refractivity contribution is -0.144. The molecule has 1 aliphatic rings. The summed E-state index contributed by atoms with van der Waals surface area (Å²) in [6, 6.07) is 0. The van der Waals surface area contributed by atoms with E-state index < -0.39 is 0 Å². The molecular weight excluding hydrogens is 328 g/mol. The van der Waals surface area contributed by atoms with Crippen LogP contribution in [0.25, 0.3) is 0 Å².